The number of hydrogen-bond acceptors (Lipinski definition) is 5. The van der Waals surface area contributed by atoms with Crippen molar-refractivity contribution in [3.8, 4) is 6.07 Å². The lowest BCUT2D eigenvalue weighted by molar-refractivity contribution is -0.117. The number of nitrogens with zero attached hydrogens (tertiary/aromatic N) is 4. The van der Waals surface area contributed by atoms with Crippen molar-refractivity contribution in [3.05, 3.63) is 40.5 Å². The zero-order chi connectivity index (χ0) is 18.4. The van der Waals surface area contributed by atoms with Gasteiger partial charge in [0.2, 0.25) is 0 Å². The van der Waals surface area contributed by atoms with Gasteiger partial charge in [0.15, 0.2) is 0 Å². The summed E-state index contributed by atoms with van der Waals surface area (Å²) in [6.07, 6.45) is 3.12. The van der Waals surface area contributed by atoms with Crippen molar-refractivity contribution in [2.75, 3.05) is 13.7 Å². The molecule has 2 aromatic heterocycles. The van der Waals surface area contributed by atoms with Crippen LogP contribution in [0.15, 0.2) is 17.8 Å². The lowest BCUT2D eigenvalue weighted by Crippen LogP contribution is -2.24. The minimum atomic E-state index is -0.444. The number of aromatic amines is 1. The van der Waals surface area contributed by atoms with Gasteiger partial charge in [-0.3, -0.25) is 4.79 Å². The number of aryl methyl sites for hydroxylation is 1. The molecule has 0 aromatic carbocycles. The molecule has 1 atom stereocenters. The van der Waals surface area contributed by atoms with Crippen LogP contribution < -0.4 is 5.32 Å². The van der Waals surface area contributed by atoms with Gasteiger partial charge >= 0.3 is 0 Å². The Labute approximate surface area is 146 Å². The largest absolute Gasteiger partial charge is 0.383 e. The topological polar surface area (TPSA) is 109 Å². The second-order valence-corrected chi connectivity index (χ2v) is 5.81. The zero-order valence-corrected chi connectivity index (χ0v) is 14.8. The predicted molar refractivity (Wildman–Crippen MR) is 92.3 cm³/mol. The van der Waals surface area contributed by atoms with Gasteiger partial charge in [-0.1, -0.05) is 0 Å². The first kappa shape index (κ1) is 18.4. The van der Waals surface area contributed by atoms with Crippen LogP contribution in [0.25, 0.3) is 6.08 Å². The Morgan fingerprint density at radius 2 is 2.32 bits per heavy atom. The fourth-order valence-electron chi connectivity index (χ4n) is 2.82. The van der Waals surface area contributed by atoms with E-state index in [1.165, 1.54) is 6.20 Å². The highest BCUT2D eigenvalue weighted by Gasteiger charge is 2.15. The molecule has 132 valence electrons. The Bertz CT molecular complexity index is 798. The van der Waals surface area contributed by atoms with Crippen LogP contribution in [0.3, 0.4) is 0 Å². The number of carbonyl (C=O) groups excluding carboxylic acids is 1. The van der Waals surface area contributed by atoms with Crippen molar-refractivity contribution >= 4 is 12.0 Å². The van der Waals surface area contributed by atoms with Gasteiger partial charge in [-0.15, -0.1) is 0 Å². The molecule has 25 heavy (non-hydrogen) atoms. The van der Waals surface area contributed by atoms with Gasteiger partial charge in [0.1, 0.15) is 17.3 Å². The number of methoxy groups -OCH3 is 1. The zero-order valence-electron chi connectivity index (χ0n) is 14.8. The van der Waals surface area contributed by atoms with Crippen molar-refractivity contribution in [3.63, 3.8) is 0 Å². The summed E-state index contributed by atoms with van der Waals surface area (Å²) >= 11 is 0. The number of rotatable bonds is 7. The molecule has 2 rings (SSSR count). The Hall–Kier alpha value is -2.92. The maximum absolute atomic E-state index is 12.2. The average Bonchev–Trinajstić information content (AvgIpc) is 3.18. The van der Waals surface area contributed by atoms with Crippen LogP contribution in [-0.4, -0.2) is 39.6 Å². The Kier molecular flexibility index (Phi) is 6.08. The van der Waals surface area contributed by atoms with Crippen molar-refractivity contribution < 1.29 is 9.53 Å². The molecule has 0 radical (unpaired) electrons. The Morgan fingerprint density at radius 3 is 2.92 bits per heavy atom. The Balaban J connectivity index is 2.20. The fourth-order valence-corrected chi connectivity index (χ4v) is 2.82. The van der Waals surface area contributed by atoms with Crippen LogP contribution in [0.4, 0.5) is 0 Å². The maximum Gasteiger partial charge on any atom is 0.262 e. The molecule has 1 unspecified atom stereocenters. The Morgan fingerprint density at radius 1 is 1.56 bits per heavy atom. The quantitative estimate of drug-likeness (QED) is 0.587. The van der Waals surface area contributed by atoms with Crippen molar-refractivity contribution in [2.45, 2.75) is 33.4 Å². The molecule has 2 heterocycles. The average molecular weight is 342 g/mol. The second-order valence-electron chi connectivity index (χ2n) is 5.81. The first-order valence-electron chi connectivity index (χ1n) is 7.90. The van der Waals surface area contributed by atoms with Gasteiger partial charge in [0, 0.05) is 18.5 Å². The normalized spacial score (nSPS) is 12.7. The molecule has 8 heteroatoms. The van der Waals surface area contributed by atoms with E-state index in [4.69, 9.17) is 4.74 Å². The van der Waals surface area contributed by atoms with Gasteiger partial charge in [0.05, 0.1) is 25.4 Å². The number of nitrogens with one attached hydrogen (secondary N) is 2. The monoisotopic (exact) mass is 342 g/mol. The van der Waals surface area contributed by atoms with Gasteiger partial charge in [0.25, 0.3) is 5.91 Å². The molecular formula is C17H22N6O2. The third kappa shape index (κ3) is 4.33. The summed E-state index contributed by atoms with van der Waals surface area (Å²) in [7, 11) is 1.67. The van der Waals surface area contributed by atoms with Gasteiger partial charge < -0.3 is 14.6 Å². The van der Waals surface area contributed by atoms with E-state index in [1.807, 2.05) is 26.0 Å². The van der Waals surface area contributed by atoms with Crippen LogP contribution in [0.1, 0.15) is 35.6 Å². The van der Waals surface area contributed by atoms with Gasteiger partial charge in [-0.2, -0.15) is 20.7 Å². The SMILES string of the molecule is COCC(C)n1c(C)cc(C=C(C#N)C(=O)NCc2cn[nH]n2)c1C. The highest BCUT2D eigenvalue weighted by molar-refractivity contribution is 6.01. The summed E-state index contributed by atoms with van der Waals surface area (Å²) < 4.78 is 7.36. The summed E-state index contributed by atoms with van der Waals surface area (Å²) in [4.78, 5) is 12.2. The molecule has 0 bridgehead atoms. The molecule has 8 nitrogen and oxygen atoms in total. The summed E-state index contributed by atoms with van der Waals surface area (Å²) in [5, 5.41) is 22.0. The molecule has 0 fully saturated rings. The second kappa shape index (κ2) is 8.26. The van der Waals surface area contributed by atoms with E-state index in [2.05, 4.69) is 32.2 Å². The first-order chi connectivity index (χ1) is 12.0. The molecule has 0 aliphatic rings. The van der Waals surface area contributed by atoms with E-state index in [9.17, 15) is 10.1 Å². The molecule has 0 saturated carbocycles. The number of amides is 1. The third-order valence-electron chi connectivity index (χ3n) is 3.93. The predicted octanol–water partition coefficient (Wildman–Crippen LogP) is 1.65. The van der Waals surface area contributed by atoms with Crippen LogP contribution in [-0.2, 0) is 16.1 Å². The van der Waals surface area contributed by atoms with Crippen molar-refractivity contribution in [1.29, 1.82) is 5.26 Å². The van der Waals surface area contributed by atoms with Crippen LogP contribution in [0.2, 0.25) is 0 Å². The van der Waals surface area contributed by atoms with E-state index in [1.54, 1.807) is 13.2 Å². The first-order valence-corrected chi connectivity index (χ1v) is 7.90. The fraction of sp³-hybridized carbons (Fsp3) is 0.412. The summed E-state index contributed by atoms with van der Waals surface area (Å²) in [6.45, 7) is 6.81. The molecule has 0 spiro atoms. The lowest BCUT2D eigenvalue weighted by atomic mass is 10.1. The van der Waals surface area contributed by atoms with Crippen molar-refractivity contribution in [1.82, 2.24) is 25.3 Å². The number of nitriles is 1. The number of aromatic nitrogens is 4. The smallest absolute Gasteiger partial charge is 0.262 e. The van der Waals surface area contributed by atoms with E-state index >= 15 is 0 Å². The van der Waals surface area contributed by atoms with Crippen molar-refractivity contribution in [2.24, 2.45) is 0 Å². The van der Waals surface area contributed by atoms with Crippen LogP contribution in [0, 0.1) is 25.2 Å². The van der Waals surface area contributed by atoms with E-state index in [0.717, 1.165) is 17.0 Å². The summed E-state index contributed by atoms with van der Waals surface area (Å²) in [6, 6.07) is 4.09. The van der Waals surface area contributed by atoms with Crippen LogP contribution >= 0.6 is 0 Å². The number of carbonyl (C=O) groups is 1. The minimum absolute atomic E-state index is 0.0446. The van der Waals surface area contributed by atoms with Gasteiger partial charge in [-0.05, 0) is 38.5 Å². The molecule has 0 aliphatic carbocycles. The lowest BCUT2D eigenvalue weighted by Gasteiger charge is -2.17. The maximum atomic E-state index is 12.2. The van der Waals surface area contributed by atoms with E-state index < -0.39 is 5.91 Å². The van der Waals surface area contributed by atoms with Gasteiger partial charge in [-0.25, -0.2) is 0 Å². The minimum Gasteiger partial charge on any atom is -0.383 e. The third-order valence-corrected chi connectivity index (χ3v) is 3.93. The molecular weight excluding hydrogens is 320 g/mol. The molecule has 1 amide bonds. The van der Waals surface area contributed by atoms with Crippen LogP contribution in [0.5, 0.6) is 0 Å². The summed E-state index contributed by atoms with van der Waals surface area (Å²) in [5.74, 6) is -0.444. The highest BCUT2D eigenvalue weighted by atomic mass is 16.5. The number of hydrogen-bond donors (Lipinski definition) is 2. The molecule has 0 saturated heterocycles. The molecule has 0 aliphatic heterocycles. The summed E-state index contributed by atoms with van der Waals surface area (Å²) in [5.41, 5.74) is 3.52. The van der Waals surface area contributed by atoms with E-state index in [-0.39, 0.29) is 18.2 Å². The standard InChI is InChI=1S/C17H22N6O2/c1-11-5-14(13(3)23(11)12(2)10-25-4)6-15(7-18)17(24)19-8-16-9-20-22-21-16/h5-6,9,12H,8,10H2,1-4H3,(H,19,24)(H,20,21,22). The number of H-pyrrole nitrogens is 1. The molecule has 2 aromatic rings. The van der Waals surface area contributed by atoms with E-state index in [0.29, 0.717) is 12.3 Å². The number of ether oxygens (including phenoxy) is 1. The molecule has 2 N–H and O–H groups in total. The highest BCUT2D eigenvalue weighted by Crippen LogP contribution is 2.22.